The molecule has 8 heteroatoms. The van der Waals surface area contributed by atoms with Gasteiger partial charge < -0.3 is 20.5 Å². The molecule has 0 aromatic heterocycles. The second-order valence-electron chi connectivity index (χ2n) is 2.77. The van der Waals surface area contributed by atoms with Gasteiger partial charge in [0.25, 0.3) is 0 Å². The number of ether oxygens (including phenoxy) is 3. The van der Waals surface area contributed by atoms with Crippen molar-refractivity contribution in [1.29, 1.82) is 0 Å². The average molecular weight is 322 g/mol. The Hall–Kier alpha value is 0.340. The van der Waals surface area contributed by atoms with Gasteiger partial charge in [-0.3, -0.25) is 0 Å². The zero-order valence-corrected chi connectivity index (χ0v) is 14.2. The summed E-state index contributed by atoms with van der Waals surface area (Å²) in [5.41, 5.74) is 0.136. The predicted molar refractivity (Wildman–Crippen MR) is 62.7 cm³/mol. The summed E-state index contributed by atoms with van der Waals surface area (Å²) in [5, 5.41) is 3.08. The summed E-state index contributed by atoms with van der Waals surface area (Å²) >= 11 is 3.12. The average Bonchev–Trinajstić information content (AvgIpc) is 2.24. The maximum atomic E-state index is 11.3. The van der Waals surface area contributed by atoms with E-state index in [1.54, 1.807) is 7.11 Å². The number of esters is 1. The maximum absolute atomic E-state index is 11.3. The number of hydrogen-bond donors (Lipinski definition) is 0. The summed E-state index contributed by atoms with van der Waals surface area (Å²) in [6.07, 6.45) is 0. The topological polar surface area (TPSA) is 66.4 Å². The smallest absolute Gasteiger partial charge is 1.00 e. The molecule has 0 aliphatic heterocycles. The fourth-order valence-electron chi connectivity index (χ4n) is 0.667. The van der Waals surface area contributed by atoms with Crippen molar-refractivity contribution in [2.24, 2.45) is 5.16 Å². The van der Waals surface area contributed by atoms with Gasteiger partial charge in [-0.25, -0.2) is 4.79 Å². The molecule has 0 aliphatic carbocycles. The van der Waals surface area contributed by atoms with Crippen LogP contribution in [0.25, 0.3) is 0 Å². The number of halogens is 1. The SMILES string of the molecule is COCCON=C(C)C(=O)OC(Br)COC.[H-].[Na+]. The molecule has 0 aromatic rings. The number of carbonyl (C=O) groups is 1. The minimum atomic E-state index is -0.559. The Morgan fingerprint density at radius 3 is 2.53 bits per heavy atom. The van der Waals surface area contributed by atoms with Crippen molar-refractivity contribution in [3.8, 4) is 0 Å². The fraction of sp³-hybridized carbons (Fsp3) is 0.778. The van der Waals surface area contributed by atoms with Gasteiger partial charge in [0.15, 0.2) is 10.7 Å². The second-order valence-corrected chi connectivity index (χ2v) is 3.79. The van der Waals surface area contributed by atoms with E-state index in [4.69, 9.17) is 19.0 Å². The van der Waals surface area contributed by atoms with Crippen LogP contribution in [0.4, 0.5) is 0 Å². The van der Waals surface area contributed by atoms with Crippen molar-refractivity contribution in [3.05, 3.63) is 0 Å². The fourth-order valence-corrected chi connectivity index (χ4v) is 1.10. The molecule has 0 radical (unpaired) electrons. The molecule has 17 heavy (non-hydrogen) atoms. The molecule has 0 amide bonds. The summed E-state index contributed by atoms with van der Waals surface area (Å²) in [6.45, 7) is 2.47. The van der Waals surface area contributed by atoms with E-state index in [0.29, 0.717) is 6.61 Å². The molecule has 6 nitrogen and oxygen atoms in total. The van der Waals surface area contributed by atoms with E-state index in [0.717, 1.165) is 0 Å². The third-order valence-corrected chi connectivity index (χ3v) is 1.86. The van der Waals surface area contributed by atoms with E-state index in [-0.39, 0.29) is 49.9 Å². The molecule has 0 N–H and O–H groups in total. The molecule has 0 rings (SSSR count). The number of alkyl halides is 1. The van der Waals surface area contributed by atoms with Crippen LogP contribution in [0.15, 0.2) is 5.16 Å². The van der Waals surface area contributed by atoms with Gasteiger partial charge in [0.2, 0.25) is 0 Å². The molecule has 0 aliphatic rings. The minimum absolute atomic E-state index is 0. The number of carbonyl (C=O) groups excluding carboxylic acids is 1. The molecule has 0 fully saturated rings. The van der Waals surface area contributed by atoms with Crippen LogP contribution in [0, 0.1) is 0 Å². The molecule has 1 atom stereocenters. The third-order valence-electron chi connectivity index (χ3n) is 1.41. The molecule has 0 bridgehead atoms. The summed E-state index contributed by atoms with van der Waals surface area (Å²) in [6, 6.07) is 0. The Balaban J connectivity index is -0.00000112. The molecular formula is C9H17BrNNaO5. The Bertz CT molecular complexity index is 245. The maximum Gasteiger partial charge on any atom is 1.00 e. The molecule has 96 valence electrons. The second kappa shape index (κ2) is 12.8. The normalized spacial score (nSPS) is 12.6. The summed E-state index contributed by atoms with van der Waals surface area (Å²) < 4.78 is 14.5. The Kier molecular flexibility index (Phi) is 14.8. The van der Waals surface area contributed by atoms with E-state index in [1.165, 1.54) is 14.0 Å². The van der Waals surface area contributed by atoms with E-state index < -0.39 is 11.0 Å². The number of hydrogen-bond acceptors (Lipinski definition) is 6. The Labute approximate surface area is 133 Å². The number of methoxy groups -OCH3 is 2. The Morgan fingerprint density at radius 1 is 1.35 bits per heavy atom. The van der Waals surface area contributed by atoms with Gasteiger partial charge in [-0.1, -0.05) is 5.16 Å². The van der Waals surface area contributed by atoms with Crippen LogP contribution in [-0.4, -0.2) is 50.7 Å². The molecule has 0 aromatic carbocycles. The standard InChI is InChI=1S/C9H16BrNO5.Na.H/c1-7(11-15-5-4-13-2)9(12)16-8(10)6-14-3;;/h8H,4-6H2,1-3H3;;/q;+1;-1. The first-order valence-corrected chi connectivity index (χ1v) is 5.52. The molecular weight excluding hydrogens is 305 g/mol. The molecule has 0 saturated heterocycles. The van der Waals surface area contributed by atoms with Crippen LogP contribution in [0.5, 0.6) is 0 Å². The largest absolute Gasteiger partial charge is 1.00 e. The predicted octanol–water partition coefficient (Wildman–Crippen LogP) is -1.95. The molecule has 1 unspecified atom stereocenters. The van der Waals surface area contributed by atoms with Gasteiger partial charge in [0.1, 0.15) is 6.61 Å². The molecule has 0 saturated carbocycles. The number of rotatable bonds is 8. The van der Waals surface area contributed by atoms with Crippen LogP contribution in [0.2, 0.25) is 0 Å². The summed E-state index contributed by atoms with van der Waals surface area (Å²) in [7, 11) is 3.06. The molecule has 0 spiro atoms. The summed E-state index contributed by atoms with van der Waals surface area (Å²) in [4.78, 5) is 16.2. The van der Waals surface area contributed by atoms with Crippen LogP contribution in [0.3, 0.4) is 0 Å². The van der Waals surface area contributed by atoms with Crippen molar-refractivity contribution in [3.63, 3.8) is 0 Å². The zero-order chi connectivity index (χ0) is 12.4. The van der Waals surface area contributed by atoms with Crippen LogP contribution in [0.1, 0.15) is 8.35 Å². The first-order valence-electron chi connectivity index (χ1n) is 4.61. The van der Waals surface area contributed by atoms with Crippen molar-refractivity contribution in [2.45, 2.75) is 11.9 Å². The Morgan fingerprint density at radius 2 is 2.00 bits per heavy atom. The molecule has 0 heterocycles. The van der Waals surface area contributed by atoms with Gasteiger partial charge >= 0.3 is 35.5 Å². The van der Waals surface area contributed by atoms with Gasteiger partial charge in [0, 0.05) is 14.2 Å². The minimum Gasteiger partial charge on any atom is -1.00 e. The van der Waals surface area contributed by atoms with Gasteiger partial charge in [-0.15, -0.1) is 0 Å². The van der Waals surface area contributed by atoms with E-state index in [9.17, 15) is 4.79 Å². The van der Waals surface area contributed by atoms with Crippen molar-refractivity contribution in [1.82, 2.24) is 0 Å². The van der Waals surface area contributed by atoms with E-state index in [1.807, 2.05) is 0 Å². The number of oxime groups is 1. The summed E-state index contributed by atoms with van der Waals surface area (Å²) in [5.74, 6) is -0.559. The zero-order valence-electron chi connectivity index (χ0n) is 11.6. The van der Waals surface area contributed by atoms with Crippen LogP contribution < -0.4 is 29.6 Å². The van der Waals surface area contributed by atoms with Gasteiger partial charge in [-0.05, 0) is 22.9 Å². The monoisotopic (exact) mass is 321 g/mol. The van der Waals surface area contributed by atoms with Crippen molar-refractivity contribution < 1.29 is 54.8 Å². The third kappa shape index (κ3) is 11.2. The first-order chi connectivity index (χ1) is 7.61. The quantitative estimate of drug-likeness (QED) is 0.130. The number of nitrogens with zero attached hydrogens (tertiary/aromatic N) is 1. The van der Waals surface area contributed by atoms with Gasteiger partial charge in [-0.2, -0.15) is 0 Å². The van der Waals surface area contributed by atoms with Crippen LogP contribution in [-0.2, 0) is 23.8 Å². The van der Waals surface area contributed by atoms with Gasteiger partial charge in [0.05, 0.1) is 13.2 Å². The van der Waals surface area contributed by atoms with Crippen molar-refractivity contribution in [2.75, 3.05) is 34.0 Å². The van der Waals surface area contributed by atoms with E-state index in [2.05, 4.69) is 21.1 Å². The van der Waals surface area contributed by atoms with Crippen molar-refractivity contribution >= 4 is 27.6 Å². The van der Waals surface area contributed by atoms with E-state index >= 15 is 0 Å². The van der Waals surface area contributed by atoms with Crippen LogP contribution >= 0.6 is 15.9 Å². The first kappa shape index (κ1) is 19.7.